The maximum absolute atomic E-state index is 11.9. The number of aromatic nitrogens is 1. The van der Waals surface area contributed by atoms with Crippen molar-refractivity contribution in [1.82, 2.24) is 0 Å². The van der Waals surface area contributed by atoms with Gasteiger partial charge in [-0.15, -0.1) is 5.10 Å². The number of thiazole rings is 1. The third-order valence-corrected chi connectivity index (χ3v) is 3.62. The minimum absolute atomic E-state index is 0.129. The van der Waals surface area contributed by atoms with E-state index in [0.29, 0.717) is 21.5 Å². The number of nitrogens with one attached hydrogen (secondary N) is 1. The van der Waals surface area contributed by atoms with Crippen molar-refractivity contribution in [3.8, 4) is 0 Å². The smallest absolute Gasteiger partial charge is 0.347 e. The Hall–Kier alpha value is -2.45. The lowest BCUT2D eigenvalue weighted by Crippen LogP contribution is -2.27. The number of rotatable bonds is 4. The van der Waals surface area contributed by atoms with Crippen molar-refractivity contribution in [2.24, 2.45) is 21.7 Å². The van der Waals surface area contributed by atoms with Crippen LogP contribution >= 0.6 is 22.9 Å². The number of benzene rings is 1. The van der Waals surface area contributed by atoms with Gasteiger partial charge < -0.3 is 11.5 Å². The number of nitrogens with two attached hydrogens (primary N) is 2. The van der Waals surface area contributed by atoms with Crippen molar-refractivity contribution in [3.05, 3.63) is 40.4 Å². The monoisotopic (exact) mass is 337 g/mol. The van der Waals surface area contributed by atoms with Crippen LogP contribution in [0.4, 0.5) is 10.8 Å². The maximum Gasteiger partial charge on any atom is 0.347 e. The highest BCUT2D eigenvalue weighted by Gasteiger charge is 2.26. The fourth-order valence-corrected chi connectivity index (χ4v) is 2.75. The first kappa shape index (κ1) is 15.9. The van der Waals surface area contributed by atoms with E-state index < -0.39 is 0 Å². The largest absolute Gasteiger partial charge is 0.369 e. The van der Waals surface area contributed by atoms with Crippen molar-refractivity contribution in [3.63, 3.8) is 0 Å². The maximum atomic E-state index is 11.9. The van der Waals surface area contributed by atoms with E-state index in [1.54, 1.807) is 29.6 Å². The summed E-state index contributed by atoms with van der Waals surface area (Å²) in [6.07, 6.45) is 1.45. The zero-order valence-corrected chi connectivity index (χ0v) is 13.2. The molecule has 0 unspecified atom stereocenters. The molecule has 1 aromatic heterocycles. The van der Waals surface area contributed by atoms with Gasteiger partial charge in [0.1, 0.15) is 5.69 Å². The second-order valence-electron chi connectivity index (χ2n) is 4.22. The van der Waals surface area contributed by atoms with Gasteiger partial charge in [-0.3, -0.25) is 0 Å². The summed E-state index contributed by atoms with van der Waals surface area (Å²) in [5, 5.41) is 10.2. The van der Waals surface area contributed by atoms with Crippen molar-refractivity contribution >= 4 is 51.8 Å². The summed E-state index contributed by atoms with van der Waals surface area (Å²) in [5.41, 5.74) is 11.7. The van der Waals surface area contributed by atoms with E-state index in [0.717, 1.165) is 0 Å². The minimum atomic E-state index is -0.145. The molecule has 0 aliphatic heterocycles. The Kier molecular flexibility index (Phi) is 5.08. The van der Waals surface area contributed by atoms with Gasteiger partial charge in [0, 0.05) is 23.4 Å². The SMILES string of the molecule is CC(=O)N(c1cccc(Cl)c1)c1[nH+]c(/C=N/N=C(N)N)cs1. The van der Waals surface area contributed by atoms with Crippen LogP contribution in [0.1, 0.15) is 12.6 Å². The van der Waals surface area contributed by atoms with E-state index in [4.69, 9.17) is 23.1 Å². The van der Waals surface area contributed by atoms with Crippen LogP contribution in [0, 0.1) is 0 Å². The Balaban J connectivity index is 2.31. The highest BCUT2D eigenvalue weighted by Crippen LogP contribution is 2.27. The molecule has 0 saturated heterocycles. The lowest BCUT2D eigenvalue weighted by molar-refractivity contribution is -0.357. The molecule has 2 rings (SSSR count). The van der Waals surface area contributed by atoms with Crippen LogP contribution in [0.3, 0.4) is 0 Å². The molecule has 0 atom stereocenters. The van der Waals surface area contributed by atoms with E-state index in [2.05, 4.69) is 15.2 Å². The normalized spacial score (nSPS) is 10.6. The van der Waals surface area contributed by atoms with E-state index in [-0.39, 0.29) is 11.9 Å². The fraction of sp³-hybridized carbons (Fsp3) is 0.0769. The molecular weight excluding hydrogens is 324 g/mol. The summed E-state index contributed by atoms with van der Waals surface area (Å²) in [4.78, 5) is 16.5. The van der Waals surface area contributed by atoms with Crippen LogP contribution in [0.25, 0.3) is 0 Å². The van der Waals surface area contributed by atoms with Gasteiger partial charge in [-0.25, -0.2) is 9.78 Å². The minimum Gasteiger partial charge on any atom is -0.369 e. The fourth-order valence-electron chi connectivity index (χ4n) is 1.69. The molecule has 0 aliphatic carbocycles. The first-order valence-corrected chi connectivity index (χ1v) is 7.42. The molecule has 9 heteroatoms. The molecular formula is C13H14ClN6OS+. The first-order valence-electron chi connectivity index (χ1n) is 6.16. The molecule has 5 N–H and O–H groups in total. The van der Waals surface area contributed by atoms with Gasteiger partial charge in [-0.1, -0.05) is 29.0 Å². The Morgan fingerprint density at radius 3 is 2.86 bits per heavy atom. The van der Waals surface area contributed by atoms with Gasteiger partial charge in [0.2, 0.25) is 5.96 Å². The third kappa shape index (κ3) is 4.03. The number of nitrogens with zero attached hydrogens (tertiary/aromatic N) is 3. The number of carbonyl (C=O) groups is 1. The highest BCUT2D eigenvalue weighted by molar-refractivity contribution is 7.13. The zero-order valence-electron chi connectivity index (χ0n) is 11.7. The van der Waals surface area contributed by atoms with Gasteiger partial charge in [-0.2, -0.15) is 10.0 Å². The lowest BCUT2D eigenvalue weighted by atomic mass is 10.3. The van der Waals surface area contributed by atoms with E-state index in [9.17, 15) is 4.79 Å². The van der Waals surface area contributed by atoms with Gasteiger partial charge in [0.15, 0.2) is 5.69 Å². The number of aromatic amines is 1. The van der Waals surface area contributed by atoms with Gasteiger partial charge in [0.25, 0.3) is 0 Å². The number of carbonyl (C=O) groups excluding carboxylic acids is 1. The topological polar surface area (TPSA) is 111 Å². The van der Waals surface area contributed by atoms with Crippen molar-refractivity contribution < 1.29 is 9.78 Å². The number of hydrogen-bond donors (Lipinski definition) is 2. The first-order chi connectivity index (χ1) is 10.5. The van der Waals surface area contributed by atoms with Crippen LogP contribution in [0.15, 0.2) is 39.8 Å². The average Bonchev–Trinajstić information content (AvgIpc) is 2.86. The summed E-state index contributed by atoms with van der Waals surface area (Å²) in [6.45, 7) is 1.47. The quantitative estimate of drug-likeness (QED) is 0.501. The third-order valence-electron chi connectivity index (χ3n) is 2.50. The van der Waals surface area contributed by atoms with Crippen molar-refractivity contribution in [1.29, 1.82) is 0 Å². The predicted molar refractivity (Wildman–Crippen MR) is 88.6 cm³/mol. The van der Waals surface area contributed by atoms with Gasteiger partial charge in [-0.05, 0) is 12.1 Å². The number of amides is 1. The Bertz CT molecular complexity index is 738. The predicted octanol–water partition coefficient (Wildman–Crippen LogP) is 1.51. The van der Waals surface area contributed by atoms with Crippen LogP contribution in [-0.2, 0) is 4.79 Å². The summed E-state index contributed by atoms with van der Waals surface area (Å²) in [6, 6.07) is 7.04. The molecule has 0 aliphatic rings. The van der Waals surface area contributed by atoms with Crippen LogP contribution in [-0.4, -0.2) is 18.1 Å². The molecule has 1 amide bonds. The van der Waals surface area contributed by atoms with Crippen LogP contribution in [0.2, 0.25) is 5.02 Å². The number of anilines is 2. The second-order valence-corrected chi connectivity index (χ2v) is 5.52. The van der Waals surface area contributed by atoms with Crippen molar-refractivity contribution in [2.45, 2.75) is 6.92 Å². The molecule has 0 spiro atoms. The second kappa shape index (κ2) is 7.01. The summed E-state index contributed by atoms with van der Waals surface area (Å²) >= 11 is 7.33. The molecule has 114 valence electrons. The Morgan fingerprint density at radius 1 is 1.45 bits per heavy atom. The molecule has 2 aromatic rings. The molecule has 0 radical (unpaired) electrons. The molecule has 1 heterocycles. The molecule has 0 saturated carbocycles. The Labute approximate surface area is 135 Å². The van der Waals surface area contributed by atoms with Crippen LogP contribution < -0.4 is 21.4 Å². The molecule has 1 aromatic carbocycles. The van der Waals surface area contributed by atoms with Crippen LogP contribution in [0.5, 0.6) is 0 Å². The average molecular weight is 338 g/mol. The van der Waals surface area contributed by atoms with E-state index in [1.165, 1.54) is 29.4 Å². The zero-order chi connectivity index (χ0) is 16.1. The van der Waals surface area contributed by atoms with Gasteiger partial charge >= 0.3 is 11.0 Å². The molecule has 0 fully saturated rings. The molecule has 0 bridgehead atoms. The molecule has 7 nitrogen and oxygen atoms in total. The van der Waals surface area contributed by atoms with Gasteiger partial charge in [0.05, 0.1) is 6.21 Å². The standard InChI is InChI=1S/C13H13ClN6OS/c1-8(21)20(11-4-2-3-9(14)5-11)13-18-10(7-22-13)6-17-19-12(15)16/h2-7H,1H3,(H4,15,16,19)/p+1/b17-6+. The van der Waals surface area contributed by atoms with Crippen molar-refractivity contribution in [2.75, 3.05) is 4.90 Å². The summed E-state index contributed by atoms with van der Waals surface area (Å²) in [5.74, 6) is -0.274. The lowest BCUT2D eigenvalue weighted by Gasteiger charge is -2.09. The number of H-pyrrole nitrogens is 1. The number of hydrogen-bond acceptors (Lipinski definition) is 4. The van der Waals surface area contributed by atoms with E-state index >= 15 is 0 Å². The number of guanidine groups is 1. The Morgan fingerprint density at radius 2 is 2.23 bits per heavy atom. The molecule has 22 heavy (non-hydrogen) atoms. The summed E-state index contributed by atoms with van der Waals surface area (Å²) < 4.78 is 0. The van der Waals surface area contributed by atoms with E-state index in [1.807, 2.05) is 0 Å². The highest BCUT2D eigenvalue weighted by atomic mass is 35.5. The summed E-state index contributed by atoms with van der Waals surface area (Å²) in [7, 11) is 0. The number of halogens is 1.